The van der Waals surface area contributed by atoms with Gasteiger partial charge in [-0.05, 0) is 13.8 Å². The third kappa shape index (κ3) is 3.19. The van der Waals surface area contributed by atoms with Crippen LogP contribution in [0, 0.1) is 0 Å². The molecule has 21 heavy (non-hydrogen) atoms. The minimum Gasteiger partial charge on any atom is -0.378 e. The third-order valence-electron chi connectivity index (χ3n) is 4.11. The minimum absolute atomic E-state index is 0.00787. The smallest absolute Gasteiger partial charge is 0.242 e. The normalized spacial score (nSPS) is 32.2. The van der Waals surface area contributed by atoms with E-state index in [2.05, 4.69) is 0 Å². The van der Waals surface area contributed by atoms with Gasteiger partial charge in [0.05, 0.1) is 30.4 Å². The molecule has 0 aromatic heterocycles. The fourth-order valence-corrected chi connectivity index (χ4v) is 4.19. The Labute approximate surface area is 129 Å². The van der Waals surface area contributed by atoms with Gasteiger partial charge in [0.15, 0.2) is 0 Å². The number of amides is 2. The van der Waals surface area contributed by atoms with Crippen molar-refractivity contribution in [2.75, 3.05) is 44.5 Å². The van der Waals surface area contributed by atoms with Crippen LogP contribution < -0.4 is 0 Å². The van der Waals surface area contributed by atoms with Crippen LogP contribution in [0.4, 0.5) is 0 Å². The molecule has 1 atom stereocenters. The number of ether oxygens (including phenoxy) is 2. The highest BCUT2D eigenvalue weighted by Gasteiger charge is 2.48. The highest BCUT2D eigenvalue weighted by molar-refractivity contribution is 8.00. The minimum atomic E-state index is -0.384. The second-order valence-electron chi connectivity index (χ2n) is 6.67. The van der Waals surface area contributed by atoms with E-state index in [-0.39, 0.29) is 29.6 Å². The lowest BCUT2D eigenvalue weighted by atomic mass is 9.95. The molecule has 0 aromatic rings. The Morgan fingerprint density at radius 2 is 2.19 bits per heavy atom. The van der Waals surface area contributed by atoms with Gasteiger partial charge < -0.3 is 19.3 Å². The number of thioether (sulfide) groups is 1. The molecule has 1 spiro atoms. The molecule has 118 valence electrons. The molecule has 2 amide bonds. The SMILES string of the molecule is CC1(C)CN(C(=O)CN2CSCC2=O)CC2(CCOC2)O1. The van der Waals surface area contributed by atoms with Crippen LogP contribution >= 0.6 is 11.8 Å². The monoisotopic (exact) mass is 314 g/mol. The summed E-state index contributed by atoms with van der Waals surface area (Å²) in [5.41, 5.74) is -0.757. The summed E-state index contributed by atoms with van der Waals surface area (Å²) in [5, 5.41) is 0. The molecule has 0 N–H and O–H groups in total. The Balaban J connectivity index is 1.68. The standard InChI is InChI=1S/C14H22N2O4S/c1-13(2)7-16(8-14(20-13)3-4-19-9-14)11(17)5-15-10-21-6-12(15)18/h3-10H2,1-2H3. The summed E-state index contributed by atoms with van der Waals surface area (Å²) < 4.78 is 11.7. The van der Waals surface area contributed by atoms with Crippen LogP contribution in [-0.2, 0) is 19.1 Å². The van der Waals surface area contributed by atoms with Gasteiger partial charge in [-0.25, -0.2) is 0 Å². The number of hydrogen-bond acceptors (Lipinski definition) is 5. The molecule has 0 aliphatic carbocycles. The molecule has 0 bridgehead atoms. The second kappa shape index (κ2) is 5.44. The largest absolute Gasteiger partial charge is 0.378 e. The second-order valence-corrected chi connectivity index (χ2v) is 7.62. The van der Waals surface area contributed by atoms with Crippen LogP contribution in [0.2, 0.25) is 0 Å². The van der Waals surface area contributed by atoms with Gasteiger partial charge in [0, 0.05) is 19.6 Å². The lowest BCUT2D eigenvalue weighted by molar-refractivity contribution is -0.199. The molecule has 0 radical (unpaired) electrons. The van der Waals surface area contributed by atoms with Crippen LogP contribution in [0.3, 0.4) is 0 Å². The maximum absolute atomic E-state index is 12.6. The van der Waals surface area contributed by atoms with Gasteiger partial charge in [0.2, 0.25) is 11.8 Å². The molecule has 3 fully saturated rings. The van der Waals surface area contributed by atoms with Crippen LogP contribution in [0.1, 0.15) is 20.3 Å². The van der Waals surface area contributed by atoms with Crippen LogP contribution in [0.15, 0.2) is 0 Å². The molecular weight excluding hydrogens is 292 g/mol. The van der Waals surface area contributed by atoms with Crippen molar-refractivity contribution in [3.63, 3.8) is 0 Å². The maximum atomic E-state index is 12.6. The van der Waals surface area contributed by atoms with Gasteiger partial charge in [-0.1, -0.05) is 0 Å². The first-order valence-electron chi connectivity index (χ1n) is 7.30. The number of nitrogens with zero attached hydrogens (tertiary/aromatic N) is 2. The molecule has 3 rings (SSSR count). The maximum Gasteiger partial charge on any atom is 0.242 e. The van der Waals surface area contributed by atoms with Gasteiger partial charge in [0.1, 0.15) is 12.1 Å². The molecule has 6 nitrogen and oxygen atoms in total. The first kappa shape index (κ1) is 15.1. The van der Waals surface area contributed by atoms with E-state index in [0.29, 0.717) is 37.9 Å². The average Bonchev–Trinajstić information content (AvgIpc) is 2.98. The molecule has 3 heterocycles. The van der Waals surface area contributed by atoms with E-state index in [4.69, 9.17) is 9.47 Å². The first-order chi connectivity index (χ1) is 9.89. The fraction of sp³-hybridized carbons (Fsp3) is 0.857. The van der Waals surface area contributed by atoms with Crippen molar-refractivity contribution < 1.29 is 19.1 Å². The Bertz CT molecular complexity index is 448. The number of hydrogen-bond donors (Lipinski definition) is 0. The molecular formula is C14H22N2O4S. The summed E-state index contributed by atoms with van der Waals surface area (Å²) in [6, 6.07) is 0. The predicted molar refractivity (Wildman–Crippen MR) is 78.9 cm³/mol. The number of rotatable bonds is 2. The Morgan fingerprint density at radius 3 is 2.81 bits per heavy atom. The van der Waals surface area contributed by atoms with E-state index in [1.165, 1.54) is 0 Å². The van der Waals surface area contributed by atoms with E-state index in [1.807, 2.05) is 18.7 Å². The summed E-state index contributed by atoms with van der Waals surface area (Å²) in [7, 11) is 0. The zero-order chi connectivity index (χ0) is 15.1. The van der Waals surface area contributed by atoms with Crippen molar-refractivity contribution in [3.8, 4) is 0 Å². The summed E-state index contributed by atoms with van der Waals surface area (Å²) >= 11 is 1.56. The molecule has 3 saturated heterocycles. The van der Waals surface area contributed by atoms with Gasteiger partial charge >= 0.3 is 0 Å². The third-order valence-corrected chi connectivity index (χ3v) is 5.06. The molecule has 3 aliphatic heterocycles. The molecule has 7 heteroatoms. The van der Waals surface area contributed by atoms with Crippen molar-refractivity contribution in [3.05, 3.63) is 0 Å². The highest BCUT2D eigenvalue weighted by atomic mass is 32.2. The average molecular weight is 314 g/mol. The number of carbonyl (C=O) groups excluding carboxylic acids is 2. The first-order valence-corrected chi connectivity index (χ1v) is 8.46. The van der Waals surface area contributed by atoms with Gasteiger partial charge in [-0.2, -0.15) is 0 Å². The van der Waals surface area contributed by atoms with E-state index < -0.39 is 0 Å². The van der Waals surface area contributed by atoms with Crippen molar-refractivity contribution >= 4 is 23.6 Å². The lowest BCUT2D eigenvalue weighted by Crippen LogP contribution is -2.62. The summed E-state index contributed by atoms with van der Waals surface area (Å²) in [6.07, 6.45) is 0.818. The van der Waals surface area contributed by atoms with Gasteiger partial charge in [-0.3, -0.25) is 9.59 Å². The Morgan fingerprint density at radius 1 is 1.38 bits per heavy atom. The molecule has 1 unspecified atom stereocenters. The lowest BCUT2D eigenvalue weighted by Gasteiger charge is -2.48. The number of morpholine rings is 1. The van der Waals surface area contributed by atoms with E-state index >= 15 is 0 Å². The summed E-state index contributed by atoms with van der Waals surface area (Å²) in [6.45, 7) is 6.52. The van der Waals surface area contributed by atoms with E-state index in [0.717, 1.165) is 6.42 Å². The Hall–Kier alpha value is -0.790. The highest BCUT2D eigenvalue weighted by Crippen LogP contribution is 2.34. The van der Waals surface area contributed by atoms with Crippen molar-refractivity contribution in [1.82, 2.24) is 9.80 Å². The zero-order valence-electron chi connectivity index (χ0n) is 12.6. The van der Waals surface area contributed by atoms with E-state index in [1.54, 1.807) is 16.7 Å². The van der Waals surface area contributed by atoms with Crippen molar-refractivity contribution in [2.24, 2.45) is 0 Å². The molecule has 0 saturated carbocycles. The topological polar surface area (TPSA) is 59.1 Å². The zero-order valence-corrected chi connectivity index (χ0v) is 13.4. The quantitative estimate of drug-likeness (QED) is 0.734. The van der Waals surface area contributed by atoms with Crippen LogP contribution in [0.25, 0.3) is 0 Å². The fourth-order valence-electron chi connectivity index (χ4n) is 3.29. The summed E-state index contributed by atoms with van der Waals surface area (Å²) in [5.74, 6) is 1.17. The molecule has 3 aliphatic rings. The van der Waals surface area contributed by atoms with Crippen LogP contribution in [-0.4, -0.2) is 77.3 Å². The molecule has 0 aromatic carbocycles. The van der Waals surface area contributed by atoms with Gasteiger partial charge in [-0.15, -0.1) is 11.8 Å². The Kier molecular flexibility index (Phi) is 3.92. The van der Waals surface area contributed by atoms with Gasteiger partial charge in [0.25, 0.3) is 0 Å². The number of carbonyl (C=O) groups is 2. The summed E-state index contributed by atoms with van der Waals surface area (Å²) in [4.78, 5) is 27.7. The van der Waals surface area contributed by atoms with Crippen LogP contribution in [0.5, 0.6) is 0 Å². The predicted octanol–water partition coefficient (Wildman–Crippen LogP) is 0.316. The van der Waals surface area contributed by atoms with Crippen molar-refractivity contribution in [1.29, 1.82) is 0 Å². The van der Waals surface area contributed by atoms with E-state index in [9.17, 15) is 9.59 Å². The van der Waals surface area contributed by atoms with Crippen molar-refractivity contribution in [2.45, 2.75) is 31.5 Å².